The van der Waals surface area contributed by atoms with E-state index in [-0.39, 0.29) is 44.0 Å². The molecule has 1 aromatic heterocycles. The average Bonchev–Trinajstić information content (AvgIpc) is 3.74. The molecule has 3 N–H and O–H groups in total. The Bertz CT molecular complexity index is 1360. The van der Waals surface area contributed by atoms with Crippen LogP contribution in [0.5, 0.6) is 23.0 Å². The van der Waals surface area contributed by atoms with Gasteiger partial charge in [0.1, 0.15) is 24.6 Å². The topological polar surface area (TPSA) is 119 Å². The molecular weight excluding hydrogens is 507 g/mol. The van der Waals surface area contributed by atoms with E-state index >= 15 is 0 Å². The fourth-order valence-corrected chi connectivity index (χ4v) is 4.97. The molecule has 10 heteroatoms. The van der Waals surface area contributed by atoms with Gasteiger partial charge in [-0.1, -0.05) is 12.1 Å². The van der Waals surface area contributed by atoms with Gasteiger partial charge >= 0.3 is 0 Å². The number of carbonyl (C=O) groups is 1. The lowest BCUT2D eigenvalue weighted by atomic mass is 9.90. The number of rotatable bonds is 11. The normalized spacial score (nSPS) is 17.5. The molecule has 2 atom stereocenters. The Morgan fingerprint density at radius 1 is 1.13 bits per heavy atom. The quantitative estimate of drug-likeness (QED) is 0.341. The number of fused-ring (bicyclic) bond motifs is 1. The van der Waals surface area contributed by atoms with E-state index in [0.717, 1.165) is 12.8 Å². The molecule has 2 aliphatic rings. The number of hydrogen-bond acceptors (Lipinski definition) is 8. The summed E-state index contributed by atoms with van der Waals surface area (Å²) < 4.78 is 36.3. The Morgan fingerprint density at radius 2 is 1.90 bits per heavy atom. The molecule has 9 nitrogen and oxygen atoms in total. The van der Waals surface area contributed by atoms with Crippen molar-refractivity contribution in [3.8, 4) is 23.0 Å². The summed E-state index contributed by atoms with van der Waals surface area (Å²) in [4.78, 5) is 17.9. The molecule has 1 aliphatic heterocycles. The van der Waals surface area contributed by atoms with E-state index in [0.29, 0.717) is 39.8 Å². The van der Waals surface area contributed by atoms with Crippen molar-refractivity contribution in [1.29, 1.82) is 0 Å². The number of amides is 1. The van der Waals surface area contributed by atoms with Gasteiger partial charge < -0.3 is 34.5 Å². The first-order chi connectivity index (χ1) is 18.9. The number of para-hydroxylation sites is 1. The zero-order valence-corrected chi connectivity index (χ0v) is 21.8. The van der Waals surface area contributed by atoms with Crippen LogP contribution in [-0.2, 0) is 5.60 Å². The number of aliphatic hydroxyl groups excluding tert-OH is 1. The summed E-state index contributed by atoms with van der Waals surface area (Å²) in [5, 5.41) is 23.7. The molecule has 1 fully saturated rings. The number of pyridine rings is 1. The fourth-order valence-electron chi connectivity index (χ4n) is 4.97. The van der Waals surface area contributed by atoms with Crippen LogP contribution in [0.25, 0.3) is 0 Å². The van der Waals surface area contributed by atoms with Gasteiger partial charge in [0, 0.05) is 11.1 Å². The lowest BCUT2D eigenvalue weighted by Crippen LogP contribution is -2.43. The lowest BCUT2D eigenvalue weighted by Gasteiger charge is -2.29. The van der Waals surface area contributed by atoms with Crippen LogP contribution in [0.15, 0.2) is 48.5 Å². The van der Waals surface area contributed by atoms with Crippen molar-refractivity contribution < 1.29 is 38.3 Å². The smallest absolute Gasteiger partial charge is 0.251 e. The number of nitrogens with zero attached hydrogens (tertiary/aromatic N) is 1. The van der Waals surface area contributed by atoms with E-state index in [4.69, 9.17) is 29.0 Å². The summed E-state index contributed by atoms with van der Waals surface area (Å²) in [6.45, 7) is 0.0817. The second-order valence-electron chi connectivity index (χ2n) is 9.62. The SMILES string of the molecule is COc1cc(C(=O)NCC(O)(c2ccc(OC)c(C3COc4c(F)cccc43)n2)C2CC2)ccc1OCCO. The van der Waals surface area contributed by atoms with Crippen LogP contribution in [0.4, 0.5) is 4.39 Å². The number of ether oxygens (including phenoxy) is 4. The molecule has 0 bridgehead atoms. The molecule has 2 aromatic carbocycles. The number of halogens is 1. The van der Waals surface area contributed by atoms with Crippen molar-refractivity contribution in [2.45, 2.75) is 24.4 Å². The second-order valence-corrected chi connectivity index (χ2v) is 9.62. The Hall–Kier alpha value is -3.89. The van der Waals surface area contributed by atoms with Crippen LogP contribution >= 0.6 is 0 Å². The van der Waals surface area contributed by atoms with Gasteiger partial charge in [-0.05, 0) is 55.2 Å². The van der Waals surface area contributed by atoms with Gasteiger partial charge in [0.05, 0.1) is 44.7 Å². The van der Waals surface area contributed by atoms with E-state index in [9.17, 15) is 14.3 Å². The summed E-state index contributed by atoms with van der Waals surface area (Å²) in [7, 11) is 2.99. The third kappa shape index (κ3) is 5.22. The number of aromatic nitrogens is 1. The zero-order chi connectivity index (χ0) is 27.6. The fraction of sp³-hybridized carbons (Fsp3) is 0.379. The minimum atomic E-state index is -1.42. The number of benzene rings is 2. The van der Waals surface area contributed by atoms with E-state index < -0.39 is 17.3 Å². The number of nitrogens with one attached hydrogen (secondary N) is 1. The molecule has 1 amide bonds. The number of hydrogen-bond donors (Lipinski definition) is 3. The minimum Gasteiger partial charge on any atom is -0.495 e. The van der Waals surface area contributed by atoms with Crippen LogP contribution < -0.4 is 24.3 Å². The second kappa shape index (κ2) is 11.1. The summed E-state index contributed by atoms with van der Waals surface area (Å²) in [5.74, 6) is 0.167. The third-order valence-electron chi connectivity index (χ3n) is 7.19. The average molecular weight is 539 g/mol. The monoisotopic (exact) mass is 538 g/mol. The largest absolute Gasteiger partial charge is 0.495 e. The first-order valence-electron chi connectivity index (χ1n) is 12.8. The van der Waals surface area contributed by atoms with Gasteiger partial charge in [-0.15, -0.1) is 0 Å². The molecule has 2 unspecified atom stereocenters. The summed E-state index contributed by atoms with van der Waals surface area (Å²) in [6, 6.07) is 12.9. The molecule has 39 heavy (non-hydrogen) atoms. The Morgan fingerprint density at radius 3 is 2.62 bits per heavy atom. The summed E-state index contributed by atoms with van der Waals surface area (Å²) in [5.41, 5.74) is 0.507. The van der Waals surface area contributed by atoms with Gasteiger partial charge in [0.2, 0.25) is 0 Å². The van der Waals surface area contributed by atoms with Crippen molar-refractivity contribution in [2.75, 3.05) is 40.6 Å². The highest BCUT2D eigenvalue weighted by Crippen LogP contribution is 2.47. The lowest BCUT2D eigenvalue weighted by molar-refractivity contribution is 0.00919. The van der Waals surface area contributed by atoms with Crippen molar-refractivity contribution in [2.24, 2.45) is 5.92 Å². The van der Waals surface area contributed by atoms with Crippen LogP contribution in [0.3, 0.4) is 0 Å². The molecule has 206 valence electrons. The Labute approximate surface area is 225 Å². The van der Waals surface area contributed by atoms with Crippen LogP contribution in [0, 0.1) is 11.7 Å². The number of aliphatic hydroxyl groups is 2. The molecular formula is C29H31FN2O7. The van der Waals surface area contributed by atoms with E-state index in [1.165, 1.54) is 20.3 Å². The minimum absolute atomic E-state index is 0.0628. The van der Waals surface area contributed by atoms with E-state index in [1.54, 1.807) is 42.5 Å². The van der Waals surface area contributed by atoms with Gasteiger partial charge in [-0.3, -0.25) is 9.78 Å². The van der Waals surface area contributed by atoms with Crippen molar-refractivity contribution in [1.82, 2.24) is 10.3 Å². The molecule has 0 saturated heterocycles. The first kappa shape index (κ1) is 26.7. The standard InChI is InChI=1S/C29H31FN2O7/c1-36-23-10-11-25(32-26(23)20-15-39-27-19(20)4-3-5-21(27)30)29(35,18-7-8-18)16-31-28(34)17-6-9-22(38-13-12-33)24(14-17)37-2/h3-6,9-11,14,18,20,33,35H,7-8,12-13,15-16H2,1-2H3,(H,31,34). The van der Waals surface area contributed by atoms with E-state index in [1.807, 2.05) is 0 Å². The highest BCUT2D eigenvalue weighted by molar-refractivity contribution is 5.95. The molecule has 0 spiro atoms. The predicted molar refractivity (Wildman–Crippen MR) is 139 cm³/mol. The van der Waals surface area contributed by atoms with Crippen molar-refractivity contribution in [3.63, 3.8) is 0 Å². The number of carbonyl (C=O) groups excluding carboxylic acids is 1. The van der Waals surface area contributed by atoms with Crippen LogP contribution in [0.2, 0.25) is 0 Å². The molecule has 0 radical (unpaired) electrons. The third-order valence-corrected chi connectivity index (χ3v) is 7.19. The summed E-state index contributed by atoms with van der Waals surface area (Å²) >= 11 is 0. The zero-order valence-electron chi connectivity index (χ0n) is 21.8. The molecule has 1 aliphatic carbocycles. The number of methoxy groups -OCH3 is 2. The van der Waals surface area contributed by atoms with Gasteiger partial charge in [0.25, 0.3) is 5.91 Å². The predicted octanol–water partition coefficient (Wildman–Crippen LogP) is 3.16. The van der Waals surface area contributed by atoms with Gasteiger partial charge in [-0.2, -0.15) is 0 Å². The highest BCUT2D eigenvalue weighted by atomic mass is 19.1. The van der Waals surface area contributed by atoms with E-state index in [2.05, 4.69) is 5.32 Å². The Kier molecular flexibility index (Phi) is 7.58. The summed E-state index contributed by atoms with van der Waals surface area (Å²) in [6.07, 6.45) is 1.58. The maximum atomic E-state index is 14.3. The van der Waals surface area contributed by atoms with Gasteiger partial charge in [-0.25, -0.2) is 4.39 Å². The van der Waals surface area contributed by atoms with Crippen molar-refractivity contribution in [3.05, 3.63) is 76.9 Å². The first-order valence-corrected chi connectivity index (χ1v) is 12.8. The molecule has 2 heterocycles. The van der Waals surface area contributed by atoms with Crippen LogP contribution in [-0.4, -0.2) is 61.7 Å². The van der Waals surface area contributed by atoms with Crippen LogP contribution in [0.1, 0.15) is 46.1 Å². The Balaban J connectivity index is 1.40. The molecule has 3 aromatic rings. The maximum absolute atomic E-state index is 14.3. The van der Waals surface area contributed by atoms with Crippen molar-refractivity contribution >= 4 is 5.91 Å². The van der Waals surface area contributed by atoms with Gasteiger partial charge in [0.15, 0.2) is 23.1 Å². The maximum Gasteiger partial charge on any atom is 0.251 e. The molecule has 1 saturated carbocycles. The highest BCUT2D eigenvalue weighted by Gasteiger charge is 2.47. The molecule has 5 rings (SSSR count).